The largest absolute Gasteiger partial charge is 0.352 e. The van der Waals surface area contributed by atoms with E-state index in [1.807, 2.05) is 44.2 Å². The van der Waals surface area contributed by atoms with Gasteiger partial charge in [0.25, 0.3) is 0 Å². The minimum Gasteiger partial charge on any atom is -0.352 e. The standard InChI is InChI=1S/C29H32Cl2FN3O4S/c1-4-20(2)33-29(37)27(16-21-10-6-5-7-11-21)34(18-22-12-8-9-13-24(22)30)28(36)19-35(40(3,38)39)23-14-15-26(32)25(31)17-23/h5-15,17,20,27H,4,16,18-19H2,1-3H3,(H,33,37)/t20-,27-/m1/s1. The molecule has 2 atom stereocenters. The Balaban J connectivity index is 2.08. The van der Waals surface area contributed by atoms with Gasteiger partial charge in [0.15, 0.2) is 0 Å². The third kappa shape index (κ3) is 8.43. The molecule has 11 heteroatoms. The lowest BCUT2D eigenvalue weighted by molar-refractivity contribution is -0.140. The van der Waals surface area contributed by atoms with Crippen molar-refractivity contribution in [1.82, 2.24) is 10.2 Å². The van der Waals surface area contributed by atoms with Gasteiger partial charge in [-0.2, -0.15) is 0 Å². The van der Waals surface area contributed by atoms with Gasteiger partial charge in [0, 0.05) is 24.0 Å². The van der Waals surface area contributed by atoms with E-state index in [1.165, 1.54) is 11.0 Å². The predicted octanol–water partition coefficient (Wildman–Crippen LogP) is 5.45. The molecule has 0 spiro atoms. The summed E-state index contributed by atoms with van der Waals surface area (Å²) in [6, 6.07) is 18.4. The van der Waals surface area contributed by atoms with Crippen LogP contribution >= 0.6 is 23.2 Å². The fourth-order valence-corrected chi connectivity index (χ4v) is 5.27. The van der Waals surface area contributed by atoms with Crippen molar-refractivity contribution < 1.29 is 22.4 Å². The summed E-state index contributed by atoms with van der Waals surface area (Å²) in [5.41, 5.74) is 1.42. The van der Waals surface area contributed by atoms with Crippen molar-refractivity contribution in [3.05, 3.63) is 99.8 Å². The van der Waals surface area contributed by atoms with E-state index in [0.29, 0.717) is 17.0 Å². The molecule has 0 fully saturated rings. The number of amides is 2. The van der Waals surface area contributed by atoms with Crippen molar-refractivity contribution >= 4 is 50.7 Å². The molecule has 7 nitrogen and oxygen atoms in total. The van der Waals surface area contributed by atoms with E-state index >= 15 is 0 Å². The summed E-state index contributed by atoms with van der Waals surface area (Å²) in [6.07, 6.45) is 1.79. The van der Waals surface area contributed by atoms with Crippen molar-refractivity contribution in [2.45, 2.75) is 45.3 Å². The highest BCUT2D eigenvalue weighted by atomic mass is 35.5. The normalized spacial score (nSPS) is 12.8. The molecule has 0 aliphatic carbocycles. The third-order valence-electron chi connectivity index (χ3n) is 6.44. The number of hydrogen-bond acceptors (Lipinski definition) is 4. The minimum atomic E-state index is -4.01. The zero-order valence-electron chi connectivity index (χ0n) is 22.5. The van der Waals surface area contributed by atoms with Gasteiger partial charge in [0.05, 0.1) is 17.0 Å². The molecule has 0 aliphatic rings. The van der Waals surface area contributed by atoms with Gasteiger partial charge in [-0.1, -0.05) is 78.7 Å². The lowest BCUT2D eigenvalue weighted by atomic mass is 10.0. The van der Waals surface area contributed by atoms with Crippen LogP contribution in [0.25, 0.3) is 0 Å². The van der Waals surface area contributed by atoms with Crippen LogP contribution in [0.2, 0.25) is 10.0 Å². The van der Waals surface area contributed by atoms with E-state index in [1.54, 1.807) is 24.3 Å². The Morgan fingerprint density at radius 2 is 1.62 bits per heavy atom. The molecule has 0 bridgehead atoms. The highest BCUT2D eigenvalue weighted by Gasteiger charge is 2.33. The van der Waals surface area contributed by atoms with Crippen LogP contribution in [0, 0.1) is 5.82 Å². The van der Waals surface area contributed by atoms with Gasteiger partial charge < -0.3 is 10.2 Å². The molecule has 0 saturated carbocycles. The van der Waals surface area contributed by atoms with Gasteiger partial charge in [-0.3, -0.25) is 13.9 Å². The van der Waals surface area contributed by atoms with Crippen molar-refractivity contribution in [3.63, 3.8) is 0 Å². The molecule has 3 aromatic carbocycles. The van der Waals surface area contributed by atoms with Crippen molar-refractivity contribution in [1.29, 1.82) is 0 Å². The van der Waals surface area contributed by atoms with Crippen LogP contribution in [0.15, 0.2) is 72.8 Å². The topological polar surface area (TPSA) is 86.8 Å². The smallest absolute Gasteiger partial charge is 0.244 e. The Bertz CT molecular complexity index is 1440. The first-order valence-corrected chi connectivity index (χ1v) is 15.3. The highest BCUT2D eigenvalue weighted by Crippen LogP contribution is 2.26. The number of anilines is 1. The molecule has 0 saturated heterocycles. The van der Waals surface area contributed by atoms with E-state index in [4.69, 9.17) is 23.2 Å². The number of nitrogens with one attached hydrogen (secondary N) is 1. The van der Waals surface area contributed by atoms with Crippen molar-refractivity contribution in [3.8, 4) is 0 Å². The molecule has 0 radical (unpaired) electrons. The van der Waals surface area contributed by atoms with Gasteiger partial charge in [-0.15, -0.1) is 0 Å². The van der Waals surface area contributed by atoms with Crippen LogP contribution in [0.4, 0.5) is 10.1 Å². The van der Waals surface area contributed by atoms with Gasteiger partial charge >= 0.3 is 0 Å². The zero-order valence-corrected chi connectivity index (χ0v) is 24.8. The fourth-order valence-electron chi connectivity index (χ4n) is 4.06. The first kappa shape index (κ1) is 31.4. The number of benzene rings is 3. The van der Waals surface area contributed by atoms with Crippen LogP contribution in [0.1, 0.15) is 31.4 Å². The maximum atomic E-state index is 14.0. The monoisotopic (exact) mass is 607 g/mol. The molecule has 3 rings (SSSR count). The summed E-state index contributed by atoms with van der Waals surface area (Å²) in [5, 5.41) is 3.06. The van der Waals surface area contributed by atoms with Crippen molar-refractivity contribution in [2.75, 3.05) is 17.1 Å². The maximum Gasteiger partial charge on any atom is 0.244 e. The first-order valence-electron chi connectivity index (χ1n) is 12.7. The average Bonchev–Trinajstić information content (AvgIpc) is 2.91. The number of rotatable bonds is 12. The van der Waals surface area contributed by atoms with E-state index in [0.717, 1.165) is 28.3 Å². The number of carbonyl (C=O) groups is 2. The molecular weight excluding hydrogens is 576 g/mol. The van der Waals surface area contributed by atoms with Crippen molar-refractivity contribution in [2.24, 2.45) is 0 Å². The molecule has 214 valence electrons. The molecular formula is C29H32Cl2FN3O4S. The SMILES string of the molecule is CC[C@@H](C)NC(=O)[C@@H](Cc1ccccc1)N(Cc1ccccc1Cl)C(=O)CN(c1ccc(F)c(Cl)c1)S(C)(=O)=O. The molecule has 3 aromatic rings. The van der Waals surface area contributed by atoms with Gasteiger partial charge in [0.1, 0.15) is 18.4 Å². The number of sulfonamides is 1. The van der Waals surface area contributed by atoms with E-state index < -0.39 is 34.3 Å². The van der Waals surface area contributed by atoms with Crippen LogP contribution in [0.5, 0.6) is 0 Å². The van der Waals surface area contributed by atoms with E-state index in [-0.39, 0.29) is 35.6 Å². The molecule has 0 heterocycles. The molecule has 40 heavy (non-hydrogen) atoms. The maximum absolute atomic E-state index is 14.0. The Hall–Kier alpha value is -3.14. The second-order valence-corrected chi connectivity index (χ2v) is 12.2. The van der Waals surface area contributed by atoms with Crippen LogP contribution in [0.3, 0.4) is 0 Å². The first-order chi connectivity index (χ1) is 18.9. The Labute approximate surface area is 244 Å². The fraction of sp³-hybridized carbons (Fsp3) is 0.310. The van der Waals surface area contributed by atoms with Gasteiger partial charge in [-0.25, -0.2) is 12.8 Å². The van der Waals surface area contributed by atoms with E-state index in [2.05, 4.69) is 5.32 Å². The summed E-state index contributed by atoms with van der Waals surface area (Å²) < 4.78 is 40.3. The molecule has 1 N–H and O–H groups in total. The Morgan fingerprint density at radius 1 is 0.975 bits per heavy atom. The average molecular weight is 609 g/mol. The summed E-state index contributed by atoms with van der Waals surface area (Å²) in [6.45, 7) is 3.10. The lowest BCUT2D eigenvalue weighted by Crippen LogP contribution is -2.54. The highest BCUT2D eigenvalue weighted by molar-refractivity contribution is 7.92. The molecule has 0 unspecified atom stereocenters. The number of halogens is 3. The summed E-state index contributed by atoms with van der Waals surface area (Å²) >= 11 is 12.4. The summed E-state index contributed by atoms with van der Waals surface area (Å²) in [7, 11) is -4.01. The Kier molecular flexibility index (Phi) is 11.0. The zero-order chi connectivity index (χ0) is 29.4. The van der Waals surface area contributed by atoms with Gasteiger partial charge in [0.2, 0.25) is 21.8 Å². The number of nitrogens with zero attached hydrogens (tertiary/aromatic N) is 2. The minimum absolute atomic E-state index is 0.0172. The third-order valence-corrected chi connectivity index (χ3v) is 8.24. The van der Waals surface area contributed by atoms with Crippen LogP contribution in [-0.4, -0.2) is 50.0 Å². The Morgan fingerprint density at radius 3 is 2.23 bits per heavy atom. The number of hydrogen-bond donors (Lipinski definition) is 1. The summed E-state index contributed by atoms with van der Waals surface area (Å²) in [4.78, 5) is 29.0. The van der Waals surface area contributed by atoms with E-state index in [9.17, 15) is 22.4 Å². The van der Waals surface area contributed by atoms with Crippen LogP contribution in [-0.2, 0) is 32.6 Å². The second kappa shape index (κ2) is 14.0. The molecule has 0 aliphatic heterocycles. The van der Waals surface area contributed by atoms with Gasteiger partial charge in [-0.05, 0) is 48.7 Å². The quantitative estimate of drug-likeness (QED) is 0.296. The molecule has 0 aromatic heterocycles. The molecule has 2 amide bonds. The predicted molar refractivity (Wildman–Crippen MR) is 157 cm³/mol. The summed E-state index contributed by atoms with van der Waals surface area (Å²) in [5.74, 6) is -1.75. The second-order valence-electron chi connectivity index (χ2n) is 9.50. The number of carbonyl (C=O) groups excluding carboxylic acids is 2. The lowest BCUT2D eigenvalue weighted by Gasteiger charge is -2.34. The van der Waals surface area contributed by atoms with Crippen LogP contribution < -0.4 is 9.62 Å².